The summed E-state index contributed by atoms with van der Waals surface area (Å²) in [7, 11) is 0. The van der Waals surface area contributed by atoms with Crippen LogP contribution in [0.5, 0.6) is 0 Å². The van der Waals surface area contributed by atoms with Gasteiger partial charge >= 0.3 is 0 Å². The number of rotatable bonds is 4. The number of hydrogen-bond acceptors (Lipinski definition) is 4. The molecule has 0 aliphatic carbocycles. The number of nitriles is 2. The van der Waals surface area contributed by atoms with Gasteiger partial charge in [0.05, 0.1) is 5.71 Å². The van der Waals surface area contributed by atoms with Gasteiger partial charge in [0.2, 0.25) is 0 Å². The quantitative estimate of drug-likeness (QED) is 0.368. The molecule has 5 rings (SSSR count). The van der Waals surface area contributed by atoms with Crippen LogP contribution in [0.25, 0.3) is 27.9 Å². The lowest BCUT2D eigenvalue weighted by molar-refractivity contribution is 0.827. The highest BCUT2D eigenvalue weighted by atomic mass is 15.0. The van der Waals surface area contributed by atoms with E-state index in [2.05, 4.69) is 63.9 Å². The maximum absolute atomic E-state index is 9.56. The summed E-state index contributed by atoms with van der Waals surface area (Å²) in [5, 5.41) is 21.5. The zero-order valence-corrected chi connectivity index (χ0v) is 18.7. The van der Waals surface area contributed by atoms with Crippen molar-refractivity contribution in [1.29, 1.82) is 10.5 Å². The number of aryl methyl sites for hydroxylation is 1. The van der Waals surface area contributed by atoms with Gasteiger partial charge < -0.3 is 4.57 Å². The van der Waals surface area contributed by atoms with Gasteiger partial charge in [-0.3, -0.25) is 0 Å². The van der Waals surface area contributed by atoms with Crippen molar-refractivity contribution < 1.29 is 0 Å². The van der Waals surface area contributed by atoms with Gasteiger partial charge in [0.25, 0.3) is 0 Å². The molecule has 1 aliphatic rings. The van der Waals surface area contributed by atoms with E-state index in [4.69, 9.17) is 0 Å². The summed E-state index contributed by atoms with van der Waals surface area (Å²) >= 11 is 0. The lowest BCUT2D eigenvalue weighted by Crippen LogP contribution is -2.06. The molecule has 0 saturated heterocycles. The molecule has 5 nitrogen and oxygen atoms in total. The van der Waals surface area contributed by atoms with Crippen molar-refractivity contribution in [3.05, 3.63) is 101 Å². The van der Waals surface area contributed by atoms with Crippen molar-refractivity contribution in [1.82, 2.24) is 4.57 Å². The van der Waals surface area contributed by atoms with Crippen molar-refractivity contribution in [2.45, 2.75) is 19.9 Å². The molecular formula is C29H21N5. The zero-order valence-electron chi connectivity index (χ0n) is 18.7. The molecule has 0 saturated carbocycles. The number of hydrogen-bond donors (Lipinski definition) is 0. The van der Waals surface area contributed by atoms with Crippen molar-refractivity contribution in [3.63, 3.8) is 0 Å². The van der Waals surface area contributed by atoms with Crippen LogP contribution in [0.15, 0.2) is 100 Å². The van der Waals surface area contributed by atoms with E-state index in [0.29, 0.717) is 17.8 Å². The second-order valence-electron chi connectivity index (χ2n) is 8.00. The molecular weight excluding hydrogens is 418 g/mol. The number of aromatic nitrogens is 1. The highest BCUT2D eigenvalue weighted by molar-refractivity contribution is 6.18. The van der Waals surface area contributed by atoms with E-state index in [9.17, 15) is 10.5 Å². The SMILES string of the molecule is CCn1c2ccccc2c2cc(C=CC3=NC(C#N)=C(C#N)N=C(c4ccccc4)C3)ccc21. The molecule has 0 N–H and O–H groups in total. The molecule has 0 spiro atoms. The molecule has 0 unspecified atom stereocenters. The van der Waals surface area contributed by atoms with Crippen LogP contribution < -0.4 is 0 Å². The lowest BCUT2D eigenvalue weighted by atomic mass is 10.0. The minimum atomic E-state index is 0.0366. The van der Waals surface area contributed by atoms with E-state index in [0.717, 1.165) is 17.7 Å². The van der Waals surface area contributed by atoms with Crippen molar-refractivity contribution in [2.24, 2.45) is 9.98 Å². The fourth-order valence-corrected chi connectivity index (χ4v) is 4.39. The summed E-state index contributed by atoms with van der Waals surface area (Å²) in [6, 6.07) is 28.6. The number of benzene rings is 3. The van der Waals surface area contributed by atoms with Crippen LogP contribution in [0.1, 0.15) is 24.5 Å². The molecule has 0 bridgehead atoms. The predicted molar refractivity (Wildman–Crippen MR) is 137 cm³/mol. The first-order valence-electron chi connectivity index (χ1n) is 11.2. The average Bonchev–Trinajstić information content (AvgIpc) is 3.08. The molecule has 34 heavy (non-hydrogen) atoms. The van der Waals surface area contributed by atoms with E-state index in [-0.39, 0.29) is 11.4 Å². The van der Waals surface area contributed by atoms with Gasteiger partial charge in [-0.05, 0) is 42.3 Å². The summed E-state index contributed by atoms with van der Waals surface area (Å²) in [4.78, 5) is 8.94. The Labute approximate surface area is 197 Å². The summed E-state index contributed by atoms with van der Waals surface area (Å²) in [6.07, 6.45) is 4.34. The zero-order chi connectivity index (χ0) is 23.5. The van der Waals surface area contributed by atoms with Gasteiger partial charge in [-0.2, -0.15) is 10.5 Å². The molecule has 1 aromatic heterocycles. The number of aliphatic imine (C=N–C) groups is 2. The molecule has 0 atom stereocenters. The van der Waals surface area contributed by atoms with Gasteiger partial charge in [-0.1, -0.05) is 60.7 Å². The van der Waals surface area contributed by atoms with Gasteiger partial charge in [0.1, 0.15) is 12.1 Å². The first-order valence-corrected chi connectivity index (χ1v) is 11.2. The predicted octanol–water partition coefficient (Wildman–Crippen LogP) is 6.42. The molecule has 2 heterocycles. The van der Waals surface area contributed by atoms with Crippen LogP contribution >= 0.6 is 0 Å². The average molecular weight is 440 g/mol. The monoisotopic (exact) mass is 439 g/mol. The van der Waals surface area contributed by atoms with Gasteiger partial charge in [-0.25, -0.2) is 9.98 Å². The Balaban J connectivity index is 1.56. The van der Waals surface area contributed by atoms with Gasteiger partial charge in [0.15, 0.2) is 11.4 Å². The summed E-state index contributed by atoms with van der Waals surface area (Å²) in [5.41, 5.74) is 5.86. The third-order valence-corrected chi connectivity index (χ3v) is 5.97. The molecule has 0 fully saturated rings. The van der Waals surface area contributed by atoms with Gasteiger partial charge in [-0.15, -0.1) is 0 Å². The molecule has 0 radical (unpaired) electrons. The highest BCUT2D eigenvalue weighted by Gasteiger charge is 2.16. The van der Waals surface area contributed by atoms with Crippen LogP contribution in [-0.2, 0) is 6.54 Å². The van der Waals surface area contributed by atoms with Crippen LogP contribution in [0.2, 0.25) is 0 Å². The van der Waals surface area contributed by atoms with E-state index in [1.807, 2.05) is 54.6 Å². The maximum Gasteiger partial charge on any atom is 0.177 e. The second kappa shape index (κ2) is 9.02. The largest absolute Gasteiger partial charge is 0.341 e. The van der Waals surface area contributed by atoms with Crippen molar-refractivity contribution in [2.75, 3.05) is 0 Å². The summed E-state index contributed by atoms with van der Waals surface area (Å²) < 4.78 is 2.32. The van der Waals surface area contributed by atoms with Crippen molar-refractivity contribution in [3.8, 4) is 12.1 Å². The molecule has 0 amide bonds. The van der Waals surface area contributed by atoms with Crippen LogP contribution in [0.3, 0.4) is 0 Å². The Morgan fingerprint density at radius 3 is 2.29 bits per heavy atom. The lowest BCUT2D eigenvalue weighted by Gasteiger charge is -2.05. The number of nitrogens with zero attached hydrogens (tertiary/aromatic N) is 5. The number of fused-ring (bicyclic) bond motifs is 3. The second-order valence-corrected chi connectivity index (χ2v) is 8.00. The number of allylic oxidation sites excluding steroid dienone is 3. The Morgan fingerprint density at radius 1 is 0.824 bits per heavy atom. The van der Waals surface area contributed by atoms with Gasteiger partial charge in [0, 0.05) is 40.5 Å². The van der Waals surface area contributed by atoms with E-state index < -0.39 is 0 Å². The third kappa shape index (κ3) is 3.81. The Hall–Kier alpha value is -4.74. The topological polar surface area (TPSA) is 77.2 Å². The Morgan fingerprint density at radius 2 is 1.53 bits per heavy atom. The fourth-order valence-electron chi connectivity index (χ4n) is 4.39. The highest BCUT2D eigenvalue weighted by Crippen LogP contribution is 2.30. The maximum atomic E-state index is 9.56. The van der Waals surface area contributed by atoms with Crippen LogP contribution in [0, 0.1) is 22.7 Å². The molecule has 3 aromatic carbocycles. The molecule has 5 heteroatoms. The standard InChI is InChI=1S/C29H21N5/c1-2-34-28-11-7-6-10-23(28)24-16-20(13-15-29(24)34)12-14-22-17-25(21-8-4-3-5-9-21)33-27(19-31)26(18-30)32-22/h3-16H,2,17H2,1H3. The van der Waals surface area contributed by atoms with Crippen LogP contribution in [0.4, 0.5) is 0 Å². The molecule has 1 aliphatic heterocycles. The molecule has 162 valence electrons. The minimum Gasteiger partial charge on any atom is -0.341 e. The van der Waals surface area contributed by atoms with Crippen molar-refractivity contribution >= 4 is 39.3 Å². The van der Waals surface area contributed by atoms with E-state index in [1.54, 1.807) is 0 Å². The summed E-state index contributed by atoms with van der Waals surface area (Å²) in [6.45, 7) is 3.06. The third-order valence-electron chi connectivity index (χ3n) is 5.97. The number of para-hydroxylation sites is 1. The Kier molecular flexibility index (Phi) is 5.60. The fraction of sp³-hybridized carbons (Fsp3) is 0.103. The summed E-state index contributed by atoms with van der Waals surface area (Å²) in [5.74, 6) is 0. The van der Waals surface area contributed by atoms with E-state index >= 15 is 0 Å². The minimum absolute atomic E-state index is 0.0366. The normalized spacial score (nSPS) is 14.1. The van der Waals surface area contributed by atoms with Crippen LogP contribution in [-0.4, -0.2) is 16.0 Å². The first-order chi connectivity index (χ1) is 16.7. The molecule has 4 aromatic rings. The first kappa shape index (κ1) is 21.1. The smallest absolute Gasteiger partial charge is 0.177 e. The Bertz CT molecular complexity index is 1620. The van der Waals surface area contributed by atoms with E-state index in [1.165, 1.54) is 21.8 Å².